The number of carboxylic acids is 1. The largest absolute Gasteiger partial charge is 0.494 e. The Kier molecular flexibility index (Phi) is 30.0. The number of hydrogen-bond donors (Lipinski definition) is 7. The van der Waals surface area contributed by atoms with Crippen LogP contribution in [0.5, 0.6) is 11.5 Å². The van der Waals surface area contributed by atoms with Gasteiger partial charge in [0.2, 0.25) is 0 Å². The Morgan fingerprint density at radius 2 is 0.862 bits per heavy atom. The molecule has 123 heavy (non-hydrogen) atoms. The molecule has 2 saturated carbocycles. The number of aryl methyl sites for hydroxylation is 4. The smallest absolute Gasteiger partial charge is 0.493 e. The molecule has 0 unspecified atom stereocenters. The molecule has 9 heterocycles. The van der Waals surface area contributed by atoms with E-state index in [0.717, 1.165) is 97.0 Å². The number of carbonyl (C=O) groups excluding carboxylic acids is 3. The number of carbonyl (C=O) groups is 4. The number of anilines is 4. The molecule has 12 N–H and O–H groups in total. The number of aromatic nitrogens is 8. The Morgan fingerprint density at radius 3 is 1.28 bits per heavy atom. The highest BCUT2D eigenvalue weighted by atomic mass is 79.9. The number of nitrogen functional groups attached to an aromatic ring is 4. The first-order chi connectivity index (χ1) is 58.8. The Bertz CT molecular complexity index is 6160. The van der Waals surface area contributed by atoms with Crippen molar-refractivity contribution >= 4 is 159 Å². The fourth-order valence-electron chi connectivity index (χ4n) is 13.9. The number of halogens is 3. The third-order valence-corrected chi connectivity index (χ3v) is 25.3. The number of nitrogens with zero attached hydrogens (tertiary/aromatic N) is 8. The summed E-state index contributed by atoms with van der Waals surface area (Å²) in [5, 5.41) is 14.2. The molecular formula is C90H94BBrF2N14O11S4. The van der Waals surface area contributed by atoms with Gasteiger partial charge in [0, 0.05) is 70.2 Å². The average molecular weight is 1800 g/mol. The SMILES string of the molecule is CC1(C)OB(c2ccc3nc(N)sc3c2)OC1(C)C.COC(=O)c1cc(-c2ccc3nc(N)sc3c2)cnc1C.COC(=O)c1cc(Br)cnc1C.Cc1ncc(-c2ccc3nc(N)sc3c2)cc1C(=O)NCc1c(F)cccc1OCC1CCCC1.Cc1ncc(-c2ccc3nc(N)sc3c2)cc1C(=O)O.NCc1c(F)cccc1OCC1CCCC1. The zero-order valence-corrected chi connectivity index (χ0v) is 74.3. The van der Waals surface area contributed by atoms with Crippen molar-refractivity contribution in [2.75, 3.05) is 50.4 Å². The highest BCUT2D eigenvalue weighted by Crippen LogP contribution is 2.39. The summed E-state index contributed by atoms with van der Waals surface area (Å²) in [6.45, 7) is 16.7. The van der Waals surface area contributed by atoms with Gasteiger partial charge in [-0.3, -0.25) is 24.7 Å². The van der Waals surface area contributed by atoms with Crippen LogP contribution in [0.15, 0.2) is 163 Å². The number of methoxy groups -OCH3 is 2. The minimum atomic E-state index is -0.972. The van der Waals surface area contributed by atoms with E-state index in [1.54, 1.807) is 94.9 Å². The van der Waals surface area contributed by atoms with E-state index < -0.39 is 11.8 Å². The lowest BCUT2D eigenvalue weighted by molar-refractivity contribution is 0.00578. The molecule has 33 heteroatoms. The molecule has 25 nitrogen and oxygen atoms in total. The second kappa shape index (κ2) is 40.6. The maximum Gasteiger partial charge on any atom is 0.494 e. The van der Waals surface area contributed by atoms with Gasteiger partial charge in [0.1, 0.15) is 23.1 Å². The number of nitrogens with one attached hydrogen (secondary N) is 1. The van der Waals surface area contributed by atoms with Crippen molar-refractivity contribution in [3.8, 4) is 44.9 Å². The zero-order chi connectivity index (χ0) is 88.0. The molecule has 8 aromatic heterocycles. The van der Waals surface area contributed by atoms with Crippen LogP contribution >= 0.6 is 61.3 Å². The highest BCUT2D eigenvalue weighted by Gasteiger charge is 2.52. The van der Waals surface area contributed by atoms with Gasteiger partial charge in [0.25, 0.3) is 5.91 Å². The normalized spacial score (nSPS) is 13.9. The molecule has 638 valence electrons. The summed E-state index contributed by atoms with van der Waals surface area (Å²) in [4.78, 5) is 80.9. The summed E-state index contributed by atoms with van der Waals surface area (Å²) >= 11 is 8.96. The fourth-order valence-corrected chi connectivity index (χ4v) is 17.3. The first-order valence-corrected chi connectivity index (χ1v) is 43.6. The molecule has 6 aromatic carbocycles. The molecule has 17 rings (SSSR count). The van der Waals surface area contributed by atoms with E-state index in [4.69, 9.17) is 57.3 Å². The maximum absolute atomic E-state index is 14.6. The molecule has 14 aromatic rings. The van der Waals surface area contributed by atoms with E-state index in [1.165, 1.54) is 110 Å². The van der Waals surface area contributed by atoms with Crippen LogP contribution in [0.2, 0.25) is 0 Å². The summed E-state index contributed by atoms with van der Waals surface area (Å²) < 4.78 is 65.9. The van der Waals surface area contributed by atoms with Gasteiger partial charge in [0.05, 0.1) is 125 Å². The van der Waals surface area contributed by atoms with Crippen molar-refractivity contribution in [2.24, 2.45) is 17.6 Å². The summed E-state index contributed by atoms with van der Waals surface area (Å²) in [6.07, 6.45) is 16.6. The van der Waals surface area contributed by atoms with E-state index in [-0.39, 0.29) is 60.6 Å². The van der Waals surface area contributed by atoms with E-state index in [9.17, 15) is 28.0 Å². The van der Waals surface area contributed by atoms with E-state index in [2.05, 4.69) is 93.6 Å². The van der Waals surface area contributed by atoms with Crippen molar-refractivity contribution in [1.29, 1.82) is 0 Å². The van der Waals surface area contributed by atoms with Gasteiger partial charge in [-0.05, 0) is 228 Å². The maximum atomic E-state index is 14.6. The van der Waals surface area contributed by atoms with Gasteiger partial charge in [0.15, 0.2) is 20.5 Å². The van der Waals surface area contributed by atoms with Crippen LogP contribution in [0.25, 0.3) is 74.2 Å². The van der Waals surface area contributed by atoms with Gasteiger partial charge >= 0.3 is 25.0 Å². The molecule has 0 atom stereocenters. The minimum absolute atomic E-state index is 0.0290. The van der Waals surface area contributed by atoms with E-state index in [0.29, 0.717) is 108 Å². The summed E-state index contributed by atoms with van der Waals surface area (Å²) in [5.74, 6) is -0.462. The first kappa shape index (κ1) is 90.7. The van der Waals surface area contributed by atoms with Crippen LogP contribution in [0.3, 0.4) is 0 Å². The topological polar surface area (TPSA) is 389 Å². The lowest BCUT2D eigenvalue weighted by Crippen LogP contribution is -2.41. The van der Waals surface area contributed by atoms with Crippen molar-refractivity contribution in [2.45, 2.75) is 131 Å². The number of hydrogen-bond acceptors (Lipinski definition) is 27. The molecule has 3 aliphatic rings. The van der Waals surface area contributed by atoms with Gasteiger partial charge in [-0.25, -0.2) is 43.1 Å². The van der Waals surface area contributed by atoms with Crippen LogP contribution in [0, 0.1) is 51.2 Å². The predicted molar refractivity (Wildman–Crippen MR) is 489 cm³/mol. The Balaban J connectivity index is 0.000000139. The molecule has 0 radical (unpaired) electrons. The predicted octanol–water partition coefficient (Wildman–Crippen LogP) is 18.8. The molecule has 2 aliphatic carbocycles. The molecule has 0 bridgehead atoms. The van der Waals surface area contributed by atoms with Crippen molar-refractivity contribution < 1.29 is 61.3 Å². The van der Waals surface area contributed by atoms with E-state index in [1.807, 2.05) is 78.9 Å². The first-order valence-electron chi connectivity index (χ1n) is 39.6. The third kappa shape index (κ3) is 22.8. The lowest BCUT2D eigenvalue weighted by Gasteiger charge is -2.32. The molecule has 1 amide bonds. The number of amides is 1. The molecule has 0 spiro atoms. The Hall–Kier alpha value is -11.6. The molecule has 1 saturated heterocycles. The van der Waals surface area contributed by atoms with Crippen LogP contribution in [0.1, 0.15) is 154 Å². The lowest BCUT2D eigenvalue weighted by atomic mass is 9.79. The number of nitrogens with two attached hydrogens (primary N) is 5. The monoisotopic (exact) mass is 1800 g/mol. The number of carboxylic acid groups (broad SMARTS) is 1. The second-order valence-corrected chi connectivity index (χ2v) is 35.6. The standard InChI is InChI=1S/C27H27FN4O2S.C15H13N3O2S.C14H11N3O2S.C13H17BN2O2S.C13H18FNO.C8H8BrNO2/c1-16-20(11-19(13-30-16)18-9-10-23-25(12-18)35-27(29)32-23)26(33)31-14-21-22(28)7-4-8-24(21)34-15-17-5-2-3-6-17;1-8-11(14(19)20-2)5-10(7-17-8)9-3-4-12-13(6-9)21-15(16)18-12;1-7-10(13(18)19)4-9(6-16-7)8-2-3-11-12(5-8)20-14(15)17-11;1-12(2)13(3,4)18-14(17-12)8-5-6-9-10(7-8)19-11(15)16-9;14-12-6-3-7-13(11(12)8-15)16-9-10-4-1-2-5-10;1-5-7(8(11)12-2)3-6(9)4-10-5/h4,7-13,17H,2-3,5-6,14-15H2,1H3,(H2,29,32)(H,31,33);3-7H,1-2H3,(H2,16,18);2-6H,1H3,(H2,15,17)(H,18,19);5-7H,1-4H3,(H2,15,16);3,6-7,10H,1-2,4-5,8-9,15H2;3-4H,1-2H3. The Morgan fingerprint density at radius 1 is 0.496 bits per heavy atom. The minimum Gasteiger partial charge on any atom is -0.493 e. The Labute approximate surface area is 734 Å². The second-order valence-electron chi connectivity index (χ2n) is 30.5. The number of ether oxygens (including phenoxy) is 4. The van der Waals surface area contributed by atoms with Crippen LogP contribution in [0.4, 0.5) is 29.3 Å². The summed E-state index contributed by atoms with van der Waals surface area (Å²) in [6, 6.07) is 40.0. The zero-order valence-electron chi connectivity index (χ0n) is 69.5. The number of pyridine rings is 4. The molecule has 1 aliphatic heterocycles. The number of fused-ring (bicyclic) bond motifs is 4. The fraction of sp³-hybridized carbons (Fsp3) is 0.289. The van der Waals surface area contributed by atoms with Crippen molar-refractivity contribution in [1.82, 2.24) is 45.2 Å². The van der Waals surface area contributed by atoms with Crippen LogP contribution in [-0.4, -0.2) is 115 Å². The molecular weight excluding hydrogens is 1710 g/mol. The summed E-state index contributed by atoms with van der Waals surface area (Å²) in [5.41, 5.74) is 42.4. The van der Waals surface area contributed by atoms with Gasteiger partial charge in [-0.15, -0.1) is 0 Å². The van der Waals surface area contributed by atoms with Crippen LogP contribution < -0.4 is 48.9 Å². The third-order valence-electron chi connectivity index (χ3n) is 21.4. The number of rotatable bonds is 17. The van der Waals surface area contributed by atoms with Crippen LogP contribution in [-0.2, 0) is 31.9 Å². The quantitative estimate of drug-likeness (QED) is 0.0329. The highest BCUT2D eigenvalue weighted by molar-refractivity contribution is 9.10. The van der Waals surface area contributed by atoms with Crippen molar-refractivity contribution in [3.63, 3.8) is 0 Å². The van der Waals surface area contributed by atoms with E-state index >= 15 is 0 Å². The average Bonchev–Trinajstić information content (AvgIpc) is 1.63. The molecule has 3 fully saturated rings. The van der Waals surface area contributed by atoms with Gasteiger partial charge in [-0.1, -0.05) is 107 Å². The van der Waals surface area contributed by atoms with Crippen molar-refractivity contribution in [3.05, 3.63) is 231 Å². The number of aromatic carboxylic acids is 1. The number of esters is 2. The number of thiazole rings is 4. The summed E-state index contributed by atoms with van der Waals surface area (Å²) in [7, 11) is 2.38. The number of benzene rings is 6. The van der Waals surface area contributed by atoms with Gasteiger partial charge in [-0.2, -0.15) is 0 Å². The van der Waals surface area contributed by atoms with Gasteiger partial charge < -0.3 is 67.3 Å².